The molecule has 0 atom stereocenters. The van der Waals surface area contributed by atoms with E-state index >= 15 is 0 Å². The quantitative estimate of drug-likeness (QED) is 0.800. The Kier molecular flexibility index (Phi) is 7.98. The molecule has 2 aromatic rings. The summed E-state index contributed by atoms with van der Waals surface area (Å²) in [6.07, 6.45) is 2.64. The van der Waals surface area contributed by atoms with Crippen LogP contribution in [0.3, 0.4) is 0 Å². The Labute approximate surface area is 134 Å². The number of nitrogens with zero attached hydrogens (tertiary/aromatic N) is 1. The average molecular weight is 297 g/mol. The monoisotopic (exact) mass is 297 g/mol. The van der Waals surface area contributed by atoms with E-state index in [1.807, 2.05) is 60.7 Å². The maximum atomic E-state index is 12.4. The van der Waals surface area contributed by atoms with Crippen molar-refractivity contribution < 1.29 is 4.79 Å². The third-order valence-corrected chi connectivity index (χ3v) is 3.45. The molecule has 0 aliphatic carbocycles. The van der Waals surface area contributed by atoms with E-state index in [0.29, 0.717) is 0 Å². The molecule has 0 fully saturated rings. The minimum atomic E-state index is -0.220. The summed E-state index contributed by atoms with van der Waals surface area (Å²) in [5, 5.41) is 0. The minimum absolute atomic E-state index is 0.104. The van der Waals surface area contributed by atoms with Crippen LogP contribution in [-0.2, 0) is 4.79 Å². The first kappa shape index (κ1) is 18.0. The largest absolute Gasteiger partial charge is 0.348 e. The van der Waals surface area contributed by atoms with Crippen molar-refractivity contribution in [2.75, 3.05) is 14.1 Å². The fourth-order valence-corrected chi connectivity index (χ4v) is 2.03. The molecule has 0 aliphatic heterocycles. The molecule has 2 nitrogen and oxygen atoms in total. The van der Waals surface area contributed by atoms with Crippen molar-refractivity contribution in [3.05, 3.63) is 71.8 Å². The number of rotatable bonds is 4. The van der Waals surface area contributed by atoms with Gasteiger partial charge in [-0.3, -0.25) is 4.79 Å². The first-order valence-electron chi connectivity index (χ1n) is 7.92. The number of amides is 1. The zero-order chi connectivity index (χ0) is 16.4. The predicted octanol–water partition coefficient (Wildman–Crippen LogP) is 4.71. The summed E-state index contributed by atoms with van der Waals surface area (Å²) < 4.78 is 0. The molecular weight excluding hydrogens is 270 g/mol. The first-order chi connectivity index (χ1) is 10.6. The molecule has 118 valence electrons. The Morgan fingerprint density at radius 1 is 0.818 bits per heavy atom. The second-order valence-corrected chi connectivity index (χ2v) is 5.49. The van der Waals surface area contributed by atoms with Crippen molar-refractivity contribution in [2.24, 2.45) is 0 Å². The Bertz CT molecular complexity index is 493. The van der Waals surface area contributed by atoms with Crippen LogP contribution in [0, 0.1) is 0 Å². The highest BCUT2D eigenvalue weighted by atomic mass is 16.2. The normalized spacial score (nSPS) is 9.86. The molecule has 2 heteroatoms. The number of carbonyl (C=O) groups excluding carboxylic acids is 1. The van der Waals surface area contributed by atoms with Crippen LogP contribution in [0.25, 0.3) is 0 Å². The summed E-state index contributed by atoms with van der Waals surface area (Å²) in [6.45, 7) is 4.36. The molecule has 0 bridgehead atoms. The second kappa shape index (κ2) is 9.78. The summed E-state index contributed by atoms with van der Waals surface area (Å²) in [6, 6.07) is 19.8. The van der Waals surface area contributed by atoms with Crippen molar-refractivity contribution in [3.63, 3.8) is 0 Å². The third kappa shape index (κ3) is 5.36. The van der Waals surface area contributed by atoms with Crippen molar-refractivity contribution in [2.45, 2.75) is 32.6 Å². The highest BCUT2D eigenvalue weighted by Crippen LogP contribution is 2.25. The van der Waals surface area contributed by atoms with Gasteiger partial charge in [0.2, 0.25) is 5.91 Å². The van der Waals surface area contributed by atoms with E-state index < -0.39 is 0 Å². The van der Waals surface area contributed by atoms with Gasteiger partial charge in [-0.25, -0.2) is 0 Å². The summed E-state index contributed by atoms with van der Waals surface area (Å²) in [5.41, 5.74) is 2.06. The summed E-state index contributed by atoms with van der Waals surface area (Å²) in [4.78, 5) is 14.0. The third-order valence-electron chi connectivity index (χ3n) is 3.45. The fourth-order valence-electron chi connectivity index (χ4n) is 2.03. The van der Waals surface area contributed by atoms with Gasteiger partial charge in [0.1, 0.15) is 0 Å². The molecule has 0 N–H and O–H groups in total. The van der Waals surface area contributed by atoms with Gasteiger partial charge in [-0.1, -0.05) is 87.4 Å². The van der Waals surface area contributed by atoms with E-state index in [0.717, 1.165) is 11.1 Å². The van der Waals surface area contributed by atoms with Crippen LogP contribution in [0.5, 0.6) is 0 Å². The van der Waals surface area contributed by atoms with Gasteiger partial charge in [-0.15, -0.1) is 0 Å². The maximum Gasteiger partial charge on any atom is 0.234 e. The van der Waals surface area contributed by atoms with Crippen LogP contribution in [0.15, 0.2) is 60.7 Å². The Balaban J connectivity index is 0.000000541. The second-order valence-electron chi connectivity index (χ2n) is 5.49. The lowest BCUT2D eigenvalue weighted by atomic mass is 9.90. The number of likely N-dealkylation sites (N-methyl/N-ethyl adjacent to an activating group) is 1. The molecule has 0 radical (unpaired) electrons. The SMILES string of the molecule is CCCC.CN(C)C(=O)C(c1ccccc1)c1ccccc1. The molecular formula is C20H27NO. The molecule has 0 aliphatic rings. The highest BCUT2D eigenvalue weighted by Gasteiger charge is 2.23. The molecule has 0 saturated heterocycles. The molecule has 1 amide bonds. The van der Waals surface area contributed by atoms with Crippen molar-refractivity contribution in [1.82, 2.24) is 4.90 Å². The van der Waals surface area contributed by atoms with Crippen LogP contribution >= 0.6 is 0 Å². The van der Waals surface area contributed by atoms with Gasteiger partial charge in [0, 0.05) is 14.1 Å². The van der Waals surface area contributed by atoms with Crippen molar-refractivity contribution in [3.8, 4) is 0 Å². The van der Waals surface area contributed by atoms with Gasteiger partial charge in [-0.05, 0) is 11.1 Å². The van der Waals surface area contributed by atoms with Gasteiger partial charge in [0.25, 0.3) is 0 Å². The Morgan fingerprint density at radius 3 is 1.45 bits per heavy atom. The smallest absolute Gasteiger partial charge is 0.234 e. The first-order valence-corrected chi connectivity index (χ1v) is 7.92. The molecule has 0 unspecified atom stereocenters. The van der Waals surface area contributed by atoms with Crippen LogP contribution in [0.4, 0.5) is 0 Å². The fraction of sp³-hybridized carbons (Fsp3) is 0.350. The number of unbranched alkanes of at least 4 members (excludes halogenated alkanes) is 1. The summed E-state index contributed by atoms with van der Waals surface area (Å²) >= 11 is 0. The van der Waals surface area contributed by atoms with Gasteiger partial charge in [0.15, 0.2) is 0 Å². The van der Waals surface area contributed by atoms with Crippen molar-refractivity contribution in [1.29, 1.82) is 0 Å². The molecule has 0 saturated carbocycles. The lowest BCUT2D eigenvalue weighted by Gasteiger charge is -2.21. The minimum Gasteiger partial charge on any atom is -0.348 e. The molecule has 0 aromatic heterocycles. The van der Waals surface area contributed by atoms with Gasteiger partial charge in [-0.2, -0.15) is 0 Å². The van der Waals surface area contributed by atoms with Crippen LogP contribution in [-0.4, -0.2) is 24.9 Å². The number of carbonyl (C=O) groups is 1. The summed E-state index contributed by atoms with van der Waals surface area (Å²) in [7, 11) is 3.59. The molecule has 0 heterocycles. The Morgan fingerprint density at radius 2 is 1.18 bits per heavy atom. The van der Waals surface area contributed by atoms with Gasteiger partial charge < -0.3 is 4.90 Å². The number of benzene rings is 2. The van der Waals surface area contributed by atoms with E-state index in [4.69, 9.17) is 0 Å². The molecule has 0 spiro atoms. The standard InChI is InChI=1S/C16H17NO.C4H10/c1-17(2)16(18)15(13-9-5-3-6-10-13)14-11-7-4-8-12-14;1-3-4-2/h3-12,15H,1-2H3;3-4H2,1-2H3. The zero-order valence-electron chi connectivity index (χ0n) is 14.1. The van der Waals surface area contributed by atoms with Crippen LogP contribution < -0.4 is 0 Å². The van der Waals surface area contributed by atoms with E-state index in [2.05, 4.69) is 13.8 Å². The van der Waals surface area contributed by atoms with Crippen molar-refractivity contribution >= 4 is 5.91 Å². The van der Waals surface area contributed by atoms with Gasteiger partial charge in [0.05, 0.1) is 5.92 Å². The van der Waals surface area contributed by atoms with Gasteiger partial charge >= 0.3 is 0 Å². The van der Waals surface area contributed by atoms with E-state index in [1.165, 1.54) is 12.8 Å². The molecule has 2 aromatic carbocycles. The lowest BCUT2D eigenvalue weighted by Crippen LogP contribution is -2.28. The molecule has 22 heavy (non-hydrogen) atoms. The highest BCUT2D eigenvalue weighted by molar-refractivity contribution is 5.86. The maximum absolute atomic E-state index is 12.4. The average Bonchev–Trinajstić information content (AvgIpc) is 2.57. The Hall–Kier alpha value is -2.09. The van der Waals surface area contributed by atoms with Crippen LogP contribution in [0.2, 0.25) is 0 Å². The number of hydrogen-bond acceptors (Lipinski definition) is 1. The number of hydrogen-bond donors (Lipinski definition) is 0. The van der Waals surface area contributed by atoms with E-state index in [-0.39, 0.29) is 11.8 Å². The predicted molar refractivity (Wildman–Crippen MR) is 94.0 cm³/mol. The lowest BCUT2D eigenvalue weighted by molar-refractivity contribution is -0.129. The topological polar surface area (TPSA) is 20.3 Å². The van der Waals surface area contributed by atoms with Crippen LogP contribution in [0.1, 0.15) is 43.7 Å². The zero-order valence-corrected chi connectivity index (χ0v) is 14.1. The van der Waals surface area contributed by atoms with E-state index in [1.54, 1.807) is 19.0 Å². The summed E-state index contributed by atoms with van der Waals surface area (Å²) in [5.74, 6) is -0.116. The van der Waals surface area contributed by atoms with E-state index in [9.17, 15) is 4.79 Å². The molecule has 2 rings (SSSR count).